The van der Waals surface area contributed by atoms with E-state index in [9.17, 15) is 0 Å². The maximum Gasteiger partial charge on any atom is 0.0296 e. The lowest BCUT2D eigenvalue weighted by atomic mass is 9.89. The first kappa shape index (κ1) is 8.38. The summed E-state index contributed by atoms with van der Waals surface area (Å²) in [6.45, 7) is 4.54. The molecule has 1 rings (SSSR count). The van der Waals surface area contributed by atoms with Gasteiger partial charge in [0.1, 0.15) is 0 Å². The van der Waals surface area contributed by atoms with Crippen molar-refractivity contribution in [3.8, 4) is 0 Å². The molecule has 0 radical (unpaired) electrons. The highest BCUT2D eigenvalue weighted by Gasteiger charge is 2.11. The summed E-state index contributed by atoms with van der Waals surface area (Å²) in [6.07, 6.45) is 7.92. The molecule has 0 fully saturated rings. The van der Waals surface area contributed by atoms with Crippen LogP contribution in [0.5, 0.6) is 0 Å². The van der Waals surface area contributed by atoms with Crippen molar-refractivity contribution in [1.29, 1.82) is 0 Å². The summed E-state index contributed by atoms with van der Waals surface area (Å²) in [5, 5.41) is 3.16. The molecular formula is C10H17N. The van der Waals surface area contributed by atoms with Crippen LogP contribution in [0.2, 0.25) is 0 Å². The molecule has 1 unspecified atom stereocenters. The molecule has 1 heteroatoms. The van der Waals surface area contributed by atoms with E-state index in [1.54, 1.807) is 0 Å². The highest BCUT2D eigenvalue weighted by atomic mass is 14.8. The van der Waals surface area contributed by atoms with Gasteiger partial charge in [-0.3, -0.25) is 0 Å². The summed E-state index contributed by atoms with van der Waals surface area (Å²) in [4.78, 5) is 0. The molecule has 1 nitrogen and oxygen atoms in total. The summed E-state index contributed by atoms with van der Waals surface area (Å²) < 4.78 is 0. The van der Waals surface area contributed by atoms with Crippen LogP contribution in [0.4, 0.5) is 0 Å². The molecule has 0 aromatic rings. The second kappa shape index (κ2) is 3.61. The zero-order valence-electron chi connectivity index (χ0n) is 7.59. The lowest BCUT2D eigenvalue weighted by Crippen LogP contribution is -2.13. The third-order valence-electron chi connectivity index (χ3n) is 2.24. The quantitative estimate of drug-likeness (QED) is 0.638. The minimum atomic E-state index is 0.724. The van der Waals surface area contributed by atoms with Crippen LogP contribution in [0.15, 0.2) is 23.9 Å². The SMILES string of the molecule is CNC1=CC(C(C)C)CC=C1. The number of rotatable bonds is 2. The molecular weight excluding hydrogens is 134 g/mol. The molecule has 0 spiro atoms. The fraction of sp³-hybridized carbons (Fsp3) is 0.600. The molecule has 0 heterocycles. The Morgan fingerprint density at radius 3 is 2.82 bits per heavy atom. The molecule has 11 heavy (non-hydrogen) atoms. The maximum atomic E-state index is 3.16. The molecule has 0 saturated heterocycles. The van der Waals surface area contributed by atoms with Crippen LogP contribution in [-0.2, 0) is 0 Å². The fourth-order valence-corrected chi connectivity index (χ4v) is 1.34. The first-order valence-electron chi connectivity index (χ1n) is 4.30. The van der Waals surface area contributed by atoms with Gasteiger partial charge in [0.25, 0.3) is 0 Å². The van der Waals surface area contributed by atoms with Crippen molar-refractivity contribution in [2.75, 3.05) is 7.05 Å². The van der Waals surface area contributed by atoms with Gasteiger partial charge in [0.05, 0.1) is 0 Å². The van der Waals surface area contributed by atoms with Crippen molar-refractivity contribution >= 4 is 0 Å². The van der Waals surface area contributed by atoms with Crippen LogP contribution in [-0.4, -0.2) is 7.05 Å². The first-order valence-corrected chi connectivity index (χ1v) is 4.30. The normalized spacial score (nSPS) is 23.6. The van der Waals surface area contributed by atoms with E-state index in [-0.39, 0.29) is 0 Å². The van der Waals surface area contributed by atoms with E-state index in [0.717, 1.165) is 11.8 Å². The Bertz CT molecular complexity index is 177. The maximum absolute atomic E-state index is 3.16. The molecule has 0 aliphatic heterocycles. The number of hydrogen-bond acceptors (Lipinski definition) is 1. The molecule has 1 N–H and O–H groups in total. The van der Waals surface area contributed by atoms with Crippen molar-refractivity contribution in [3.05, 3.63) is 23.9 Å². The van der Waals surface area contributed by atoms with E-state index in [0.29, 0.717) is 0 Å². The van der Waals surface area contributed by atoms with E-state index < -0.39 is 0 Å². The van der Waals surface area contributed by atoms with Crippen LogP contribution in [0, 0.1) is 11.8 Å². The van der Waals surface area contributed by atoms with E-state index in [1.807, 2.05) is 7.05 Å². The van der Waals surface area contributed by atoms with Crippen molar-refractivity contribution < 1.29 is 0 Å². The standard InChI is InChI=1S/C10H17N/c1-8(2)9-5-4-6-10(7-9)11-3/h4,6-9,11H,5H2,1-3H3. The minimum absolute atomic E-state index is 0.724. The smallest absolute Gasteiger partial charge is 0.0296 e. The molecule has 0 aromatic heterocycles. The van der Waals surface area contributed by atoms with E-state index in [1.165, 1.54) is 12.1 Å². The van der Waals surface area contributed by atoms with Gasteiger partial charge in [-0.25, -0.2) is 0 Å². The van der Waals surface area contributed by atoms with Gasteiger partial charge in [-0.1, -0.05) is 26.0 Å². The Balaban J connectivity index is 2.61. The Hall–Kier alpha value is -0.720. The summed E-state index contributed by atoms with van der Waals surface area (Å²) in [6, 6.07) is 0. The first-order chi connectivity index (χ1) is 5.24. The zero-order valence-corrected chi connectivity index (χ0v) is 7.59. The van der Waals surface area contributed by atoms with E-state index >= 15 is 0 Å². The zero-order chi connectivity index (χ0) is 8.27. The summed E-state index contributed by atoms with van der Waals surface area (Å²) >= 11 is 0. The summed E-state index contributed by atoms with van der Waals surface area (Å²) in [7, 11) is 1.97. The van der Waals surface area contributed by atoms with Crippen LogP contribution < -0.4 is 5.32 Å². The van der Waals surface area contributed by atoms with Crippen LogP contribution in [0.3, 0.4) is 0 Å². The molecule has 1 atom stereocenters. The number of likely N-dealkylation sites (N-methyl/N-ethyl adjacent to an activating group) is 1. The topological polar surface area (TPSA) is 12.0 Å². The van der Waals surface area contributed by atoms with Crippen molar-refractivity contribution in [2.24, 2.45) is 11.8 Å². The highest BCUT2D eigenvalue weighted by molar-refractivity contribution is 5.22. The van der Waals surface area contributed by atoms with Gasteiger partial charge in [-0.05, 0) is 24.3 Å². The van der Waals surface area contributed by atoms with Crippen molar-refractivity contribution in [3.63, 3.8) is 0 Å². The van der Waals surface area contributed by atoms with Gasteiger partial charge >= 0.3 is 0 Å². The highest BCUT2D eigenvalue weighted by Crippen LogP contribution is 2.22. The molecule has 62 valence electrons. The number of allylic oxidation sites excluding steroid dienone is 3. The van der Waals surface area contributed by atoms with Crippen molar-refractivity contribution in [1.82, 2.24) is 5.32 Å². The fourth-order valence-electron chi connectivity index (χ4n) is 1.34. The van der Waals surface area contributed by atoms with E-state index in [2.05, 4.69) is 37.4 Å². The Labute approximate surface area is 69.2 Å². The van der Waals surface area contributed by atoms with Gasteiger partial charge < -0.3 is 5.32 Å². The van der Waals surface area contributed by atoms with Gasteiger partial charge in [0, 0.05) is 12.7 Å². The second-order valence-corrected chi connectivity index (χ2v) is 3.42. The largest absolute Gasteiger partial charge is 0.388 e. The molecule has 0 saturated carbocycles. The van der Waals surface area contributed by atoms with E-state index in [4.69, 9.17) is 0 Å². The monoisotopic (exact) mass is 151 g/mol. The lowest BCUT2D eigenvalue weighted by Gasteiger charge is -2.19. The lowest BCUT2D eigenvalue weighted by molar-refractivity contribution is 0.463. The predicted molar refractivity (Wildman–Crippen MR) is 49.2 cm³/mol. The Morgan fingerprint density at radius 2 is 2.27 bits per heavy atom. The third kappa shape index (κ3) is 2.11. The Morgan fingerprint density at radius 1 is 1.55 bits per heavy atom. The van der Waals surface area contributed by atoms with Gasteiger partial charge in [0.15, 0.2) is 0 Å². The third-order valence-corrected chi connectivity index (χ3v) is 2.24. The molecule has 0 amide bonds. The van der Waals surface area contributed by atoms with Gasteiger partial charge in [-0.15, -0.1) is 0 Å². The number of nitrogens with one attached hydrogen (secondary N) is 1. The van der Waals surface area contributed by atoms with Crippen molar-refractivity contribution in [2.45, 2.75) is 20.3 Å². The molecule has 1 aliphatic carbocycles. The summed E-state index contributed by atoms with van der Waals surface area (Å²) in [5.74, 6) is 1.48. The minimum Gasteiger partial charge on any atom is -0.388 e. The van der Waals surface area contributed by atoms with Gasteiger partial charge in [0.2, 0.25) is 0 Å². The molecule has 0 bridgehead atoms. The second-order valence-electron chi connectivity index (χ2n) is 3.42. The number of hydrogen-bond donors (Lipinski definition) is 1. The van der Waals surface area contributed by atoms with Crippen LogP contribution in [0.1, 0.15) is 20.3 Å². The van der Waals surface area contributed by atoms with Gasteiger partial charge in [-0.2, -0.15) is 0 Å². The van der Waals surface area contributed by atoms with Crippen LogP contribution in [0.25, 0.3) is 0 Å². The average molecular weight is 151 g/mol. The molecule has 1 aliphatic rings. The predicted octanol–water partition coefficient (Wildman–Crippen LogP) is 2.32. The molecule has 0 aromatic carbocycles. The summed E-state index contributed by atoms with van der Waals surface area (Å²) in [5.41, 5.74) is 1.26. The Kier molecular flexibility index (Phi) is 2.75. The average Bonchev–Trinajstić information content (AvgIpc) is 2.05. The van der Waals surface area contributed by atoms with Crippen LogP contribution >= 0.6 is 0 Å².